The van der Waals surface area contributed by atoms with Gasteiger partial charge in [-0.05, 0) is 55.8 Å². The van der Waals surface area contributed by atoms with Crippen molar-refractivity contribution in [2.45, 2.75) is 13.8 Å². The lowest BCUT2D eigenvalue weighted by atomic mass is 9.98. The highest BCUT2D eigenvalue weighted by Crippen LogP contribution is 2.40. The van der Waals surface area contributed by atoms with Crippen LogP contribution in [0.1, 0.15) is 19.4 Å². The van der Waals surface area contributed by atoms with E-state index in [1.165, 1.54) is 0 Å². The summed E-state index contributed by atoms with van der Waals surface area (Å²) in [5, 5.41) is 3.79. The van der Waals surface area contributed by atoms with Crippen molar-refractivity contribution < 1.29 is 23.4 Å². The molecule has 34 heavy (non-hydrogen) atoms. The number of hydrogen-bond acceptors (Lipinski definition) is 5. The second-order valence-electron chi connectivity index (χ2n) is 7.67. The van der Waals surface area contributed by atoms with Crippen LogP contribution < -0.4 is 19.5 Å². The first-order valence-corrected chi connectivity index (χ1v) is 11.0. The molecule has 4 aromatic rings. The molecule has 1 amide bonds. The van der Waals surface area contributed by atoms with E-state index in [-0.39, 0.29) is 5.91 Å². The third kappa shape index (κ3) is 4.76. The fraction of sp³-hybridized carbons (Fsp3) is 0.179. The Morgan fingerprint density at radius 1 is 0.971 bits per heavy atom. The Kier molecular flexibility index (Phi) is 6.87. The van der Waals surface area contributed by atoms with E-state index < -0.39 is 0 Å². The lowest BCUT2D eigenvalue weighted by Gasteiger charge is -2.12. The van der Waals surface area contributed by atoms with Crippen LogP contribution in [-0.2, 0) is 4.79 Å². The summed E-state index contributed by atoms with van der Waals surface area (Å²) in [4.78, 5) is 12.7. The van der Waals surface area contributed by atoms with Crippen molar-refractivity contribution in [1.82, 2.24) is 0 Å². The summed E-state index contributed by atoms with van der Waals surface area (Å²) in [5.41, 5.74) is 4.80. The van der Waals surface area contributed by atoms with Gasteiger partial charge in [0.2, 0.25) is 5.91 Å². The Bertz CT molecular complexity index is 1330. The quantitative estimate of drug-likeness (QED) is 0.304. The Labute approximate surface area is 198 Å². The van der Waals surface area contributed by atoms with Gasteiger partial charge in [0, 0.05) is 39.9 Å². The molecule has 0 radical (unpaired) electrons. The average Bonchev–Trinajstić information content (AvgIpc) is 3.26. The predicted octanol–water partition coefficient (Wildman–Crippen LogP) is 6.56. The van der Waals surface area contributed by atoms with E-state index in [0.717, 1.165) is 39.1 Å². The van der Waals surface area contributed by atoms with Crippen molar-refractivity contribution in [3.05, 3.63) is 78.6 Å². The Hall–Kier alpha value is -4.19. The summed E-state index contributed by atoms with van der Waals surface area (Å²) in [7, 11) is 3.25. The molecule has 0 spiro atoms. The highest BCUT2D eigenvalue weighted by molar-refractivity contribution is 6.05. The summed E-state index contributed by atoms with van der Waals surface area (Å²) in [6, 6.07) is 18.8. The number of fused-ring (bicyclic) bond motifs is 1. The number of anilines is 1. The SMILES string of the molecule is CCOc1cc2occ(-c3ccccc3OC)c2cc1/C(C)=C/C(=O)Nc1ccc(OC)cc1. The van der Waals surface area contributed by atoms with Gasteiger partial charge in [0.1, 0.15) is 22.8 Å². The Morgan fingerprint density at radius 3 is 2.44 bits per heavy atom. The molecule has 4 rings (SSSR count). The van der Waals surface area contributed by atoms with Crippen molar-refractivity contribution in [3.8, 4) is 28.4 Å². The molecule has 0 fully saturated rings. The number of carbonyl (C=O) groups is 1. The van der Waals surface area contributed by atoms with E-state index in [1.54, 1.807) is 50.8 Å². The van der Waals surface area contributed by atoms with E-state index >= 15 is 0 Å². The molecule has 0 aliphatic heterocycles. The molecule has 1 heterocycles. The van der Waals surface area contributed by atoms with E-state index in [9.17, 15) is 4.79 Å². The highest BCUT2D eigenvalue weighted by atomic mass is 16.5. The van der Waals surface area contributed by atoms with Gasteiger partial charge in [0.15, 0.2) is 0 Å². The molecular formula is C28H27NO5. The zero-order valence-corrected chi connectivity index (χ0v) is 19.7. The number of methoxy groups -OCH3 is 2. The Morgan fingerprint density at radius 2 is 1.74 bits per heavy atom. The lowest BCUT2D eigenvalue weighted by molar-refractivity contribution is -0.111. The van der Waals surface area contributed by atoms with Gasteiger partial charge in [0.05, 0.1) is 27.1 Å². The number of hydrogen-bond donors (Lipinski definition) is 1. The first-order chi connectivity index (χ1) is 16.5. The maximum absolute atomic E-state index is 12.7. The van der Waals surface area contributed by atoms with Crippen LogP contribution in [0.4, 0.5) is 5.69 Å². The molecule has 0 aliphatic rings. The summed E-state index contributed by atoms with van der Waals surface area (Å²) in [5.74, 6) is 1.90. The minimum Gasteiger partial charge on any atom is -0.497 e. The zero-order chi connectivity index (χ0) is 24.1. The van der Waals surface area contributed by atoms with Gasteiger partial charge in [-0.2, -0.15) is 0 Å². The van der Waals surface area contributed by atoms with E-state index in [4.69, 9.17) is 18.6 Å². The molecule has 0 atom stereocenters. The number of furan rings is 1. The van der Waals surface area contributed by atoms with Crippen molar-refractivity contribution in [2.75, 3.05) is 26.1 Å². The van der Waals surface area contributed by atoms with E-state index in [1.807, 2.05) is 50.2 Å². The molecule has 1 N–H and O–H groups in total. The smallest absolute Gasteiger partial charge is 0.248 e. The number of benzene rings is 3. The number of allylic oxidation sites excluding steroid dienone is 1. The molecule has 6 heteroatoms. The predicted molar refractivity (Wildman–Crippen MR) is 135 cm³/mol. The third-order valence-corrected chi connectivity index (χ3v) is 5.50. The first kappa shape index (κ1) is 23.0. The first-order valence-electron chi connectivity index (χ1n) is 11.0. The normalized spacial score (nSPS) is 11.4. The van der Waals surface area contributed by atoms with Crippen LogP contribution in [0.2, 0.25) is 0 Å². The minimum atomic E-state index is -0.234. The van der Waals surface area contributed by atoms with Gasteiger partial charge in [-0.25, -0.2) is 0 Å². The number of ether oxygens (including phenoxy) is 3. The van der Waals surface area contributed by atoms with Gasteiger partial charge in [-0.15, -0.1) is 0 Å². The van der Waals surface area contributed by atoms with Crippen LogP contribution in [0.5, 0.6) is 17.2 Å². The summed E-state index contributed by atoms with van der Waals surface area (Å²) >= 11 is 0. The van der Waals surface area contributed by atoms with Gasteiger partial charge in [0.25, 0.3) is 0 Å². The van der Waals surface area contributed by atoms with Crippen molar-refractivity contribution in [1.29, 1.82) is 0 Å². The van der Waals surface area contributed by atoms with Gasteiger partial charge < -0.3 is 23.9 Å². The van der Waals surface area contributed by atoms with Gasteiger partial charge in [-0.3, -0.25) is 4.79 Å². The fourth-order valence-corrected chi connectivity index (χ4v) is 3.84. The number of amides is 1. The third-order valence-electron chi connectivity index (χ3n) is 5.50. The topological polar surface area (TPSA) is 69.9 Å². The monoisotopic (exact) mass is 457 g/mol. The minimum absolute atomic E-state index is 0.234. The van der Waals surface area contributed by atoms with E-state index in [2.05, 4.69) is 5.32 Å². The molecule has 1 aromatic heterocycles. The van der Waals surface area contributed by atoms with Crippen LogP contribution >= 0.6 is 0 Å². The molecule has 0 aliphatic carbocycles. The zero-order valence-electron chi connectivity index (χ0n) is 19.7. The highest BCUT2D eigenvalue weighted by Gasteiger charge is 2.17. The molecule has 0 saturated carbocycles. The van der Waals surface area contributed by atoms with Gasteiger partial charge in [-0.1, -0.05) is 18.2 Å². The van der Waals surface area contributed by atoms with Crippen molar-refractivity contribution >= 4 is 28.1 Å². The summed E-state index contributed by atoms with van der Waals surface area (Å²) < 4.78 is 22.4. The second-order valence-corrected chi connectivity index (χ2v) is 7.67. The summed E-state index contributed by atoms with van der Waals surface area (Å²) in [6.07, 6.45) is 3.29. The number of para-hydroxylation sites is 1. The maximum atomic E-state index is 12.7. The average molecular weight is 458 g/mol. The molecule has 3 aromatic carbocycles. The fourth-order valence-electron chi connectivity index (χ4n) is 3.84. The summed E-state index contributed by atoms with van der Waals surface area (Å²) in [6.45, 7) is 4.30. The maximum Gasteiger partial charge on any atom is 0.248 e. The van der Waals surface area contributed by atoms with Crippen LogP contribution in [0, 0.1) is 0 Å². The number of rotatable bonds is 8. The van der Waals surface area contributed by atoms with Crippen LogP contribution in [0.15, 0.2) is 77.4 Å². The molecule has 6 nitrogen and oxygen atoms in total. The van der Waals surface area contributed by atoms with Crippen LogP contribution in [0.25, 0.3) is 27.7 Å². The largest absolute Gasteiger partial charge is 0.497 e. The molecule has 0 unspecified atom stereocenters. The molecule has 0 bridgehead atoms. The van der Waals surface area contributed by atoms with Crippen LogP contribution in [0.3, 0.4) is 0 Å². The number of nitrogens with one attached hydrogen (secondary N) is 1. The molecular weight excluding hydrogens is 430 g/mol. The van der Waals surface area contributed by atoms with E-state index in [0.29, 0.717) is 23.6 Å². The molecule has 0 saturated heterocycles. The lowest BCUT2D eigenvalue weighted by Crippen LogP contribution is -2.08. The Balaban J connectivity index is 1.71. The van der Waals surface area contributed by atoms with Crippen molar-refractivity contribution in [2.24, 2.45) is 0 Å². The van der Waals surface area contributed by atoms with Crippen LogP contribution in [-0.4, -0.2) is 26.7 Å². The number of carbonyl (C=O) groups excluding carboxylic acids is 1. The molecule has 174 valence electrons. The standard InChI is InChI=1S/C28H27NO5/c1-5-33-26-16-27-23(24(17-34-27)21-8-6-7-9-25(21)32-4)15-22(26)18(2)14-28(30)29-19-10-12-20(31-3)13-11-19/h6-17H,5H2,1-4H3,(H,29,30)/b18-14+. The van der Waals surface area contributed by atoms with Gasteiger partial charge >= 0.3 is 0 Å². The second kappa shape index (κ2) is 10.2. The van der Waals surface area contributed by atoms with Crippen molar-refractivity contribution in [3.63, 3.8) is 0 Å².